The molecule has 0 aliphatic carbocycles. The number of nitrogens with one attached hydrogen (secondary N) is 2. The molecule has 0 aliphatic rings. The number of rotatable bonds is 8. The molecule has 0 saturated heterocycles. The Hall–Kier alpha value is -3.55. The SMILES string of the molecule is Cc1ccc(SCc2ccc(C(=O)Nc3ccc(S(=O)(=O)Nc4ccc(C)c(C)c4)cc3)cc2)cc1. The van der Waals surface area contributed by atoms with Gasteiger partial charge in [-0.2, -0.15) is 0 Å². The number of aryl methyl sites for hydroxylation is 3. The van der Waals surface area contributed by atoms with E-state index >= 15 is 0 Å². The average Bonchev–Trinajstić information content (AvgIpc) is 2.86. The number of hydrogen-bond donors (Lipinski definition) is 2. The molecule has 7 heteroatoms. The zero-order chi connectivity index (χ0) is 25.7. The van der Waals surface area contributed by atoms with E-state index in [2.05, 4.69) is 41.2 Å². The molecule has 36 heavy (non-hydrogen) atoms. The summed E-state index contributed by atoms with van der Waals surface area (Å²) < 4.78 is 28.1. The first kappa shape index (κ1) is 25.5. The minimum Gasteiger partial charge on any atom is -0.322 e. The van der Waals surface area contributed by atoms with Crippen LogP contribution in [0, 0.1) is 20.8 Å². The number of hydrogen-bond acceptors (Lipinski definition) is 4. The summed E-state index contributed by atoms with van der Waals surface area (Å²) in [6, 6.07) is 27.4. The van der Waals surface area contributed by atoms with Crippen molar-refractivity contribution in [2.24, 2.45) is 0 Å². The summed E-state index contributed by atoms with van der Waals surface area (Å²) in [7, 11) is -3.74. The number of thioether (sulfide) groups is 1. The van der Waals surface area contributed by atoms with Crippen LogP contribution >= 0.6 is 11.8 Å². The molecule has 4 rings (SSSR count). The van der Waals surface area contributed by atoms with Gasteiger partial charge < -0.3 is 5.32 Å². The van der Waals surface area contributed by atoms with Gasteiger partial charge in [0.2, 0.25) is 0 Å². The summed E-state index contributed by atoms with van der Waals surface area (Å²) >= 11 is 1.75. The second-order valence-electron chi connectivity index (χ2n) is 8.68. The standard InChI is InChI=1S/C29H28N2O3S2/c1-20-4-14-27(15-5-20)35-19-23-7-9-24(10-8-23)29(32)30-25-12-16-28(17-13-25)36(33,34)31-26-11-6-21(2)22(3)18-26/h4-18,31H,19H2,1-3H3,(H,30,32). The number of carbonyl (C=O) groups excluding carboxylic acids is 1. The van der Waals surface area contributed by atoms with Gasteiger partial charge in [0.05, 0.1) is 4.90 Å². The van der Waals surface area contributed by atoms with Crippen molar-refractivity contribution < 1.29 is 13.2 Å². The predicted molar refractivity (Wildman–Crippen MR) is 148 cm³/mol. The maximum Gasteiger partial charge on any atom is 0.261 e. The van der Waals surface area contributed by atoms with Crippen LogP contribution in [0.15, 0.2) is 101 Å². The molecule has 2 N–H and O–H groups in total. The van der Waals surface area contributed by atoms with Gasteiger partial charge in [0, 0.05) is 27.6 Å². The highest BCUT2D eigenvalue weighted by Gasteiger charge is 2.15. The topological polar surface area (TPSA) is 75.3 Å². The van der Waals surface area contributed by atoms with Crippen molar-refractivity contribution in [1.29, 1.82) is 0 Å². The maximum atomic E-state index is 12.7. The Balaban J connectivity index is 1.35. The van der Waals surface area contributed by atoms with Crippen LogP contribution in [-0.2, 0) is 15.8 Å². The molecular weight excluding hydrogens is 488 g/mol. The van der Waals surface area contributed by atoms with Crippen molar-refractivity contribution in [3.63, 3.8) is 0 Å². The molecule has 5 nitrogen and oxygen atoms in total. The van der Waals surface area contributed by atoms with Crippen molar-refractivity contribution in [3.05, 3.63) is 119 Å². The minimum atomic E-state index is -3.74. The van der Waals surface area contributed by atoms with Crippen molar-refractivity contribution >= 4 is 39.1 Å². The molecule has 0 atom stereocenters. The van der Waals surface area contributed by atoms with Crippen molar-refractivity contribution in [1.82, 2.24) is 0 Å². The van der Waals surface area contributed by atoms with E-state index in [-0.39, 0.29) is 10.8 Å². The number of sulfonamides is 1. The third-order valence-electron chi connectivity index (χ3n) is 5.82. The van der Waals surface area contributed by atoms with E-state index in [0.29, 0.717) is 16.9 Å². The van der Waals surface area contributed by atoms with Crippen LogP contribution in [0.4, 0.5) is 11.4 Å². The summed E-state index contributed by atoms with van der Waals surface area (Å²) in [5, 5.41) is 2.82. The van der Waals surface area contributed by atoms with Crippen molar-refractivity contribution in [3.8, 4) is 0 Å². The van der Waals surface area contributed by atoms with Crippen LogP contribution in [0.25, 0.3) is 0 Å². The first-order chi connectivity index (χ1) is 17.2. The van der Waals surface area contributed by atoms with E-state index in [1.165, 1.54) is 22.6 Å². The van der Waals surface area contributed by atoms with Crippen molar-refractivity contribution in [2.75, 3.05) is 10.0 Å². The summed E-state index contributed by atoms with van der Waals surface area (Å²) in [6.45, 7) is 5.97. The van der Waals surface area contributed by atoms with Gasteiger partial charge in [-0.3, -0.25) is 9.52 Å². The molecular formula is C29H28N2O3S2. The number of benzene rings is 4. The van der Waals surface area contributed by atoms with Crippen molar-refractivity contribution in [2.45, 2.75) is 36.3 Å². The quantitative estimate of drug-likeness (QED) is 0.248. The molecule has 1 amide bonds. The first-order valence-corrected chi connectivity index (χ1v) is 14.0. The third kappa shape index (κ3) is 6.56. The van der Waals surface area contributed by atoms with E-state index in [9.17, 15) is 13.2 Å². The number of carbonyl (C=O) groups is 1. The molecule has 184 valence electrons. The molecule has 0 saturated carbocycles. The Bertz CT molecular complexity index is 1460. The van der Waals surface area contributed by atoms with Crippen LogP contribution < -0.4 is 10.0 Å². The Labute approximate surface area is 217 Å². The lowest BCUT2D eigenvalue weighted by Gasteiger charge is -2.11. The van der Waals surface area contributed by atoms with Gasteiger partial charge in [0.15, 0.2) is 0 Å². The second-order valence-corrected chi connectivity index (χ2v) is 11.4. The Morgan fingerprint density at radius 1 is 0.750 bits per heavy atom. The fourth-order valence-electron chi connectivity index (χ4n) is 3.49. The molecule has 0 spiro atoms. The summed E-state index contributed by atoms with van der Waals surface area (Å²) in [5.74, 6) is 0.563. The largest absolute Gasteiger partial charge is 0.322 e. The Morgan fingerprint density at radius 2 is 1.39 bits per heavy atom. The predicted octanol–water partition coefficient (Wildman–Crippen LogP) is 6.96. The first-order valence-electron chi connectivity index (χ1n) is 11.5. The lowest BCUT2D eigenvalue weighted by atomic mass is 10.1. The smallest absolute Gasteiger partial charge is 0.261 e. The minimum absolute atomic E-state index is 0.120. The Morgan fingerprint density at radius 3 is 2.03 bits per heavy atom. The third-order valence-corrected chi connectivity index (χ3v) is 8.30. The van der Waals surface area contributed by atoms with Crippen LogP contribution in [0.1, 0.15) is 32.6 Å². The summed E-state index contributed by atoms with van der Waals surface area (Å²) in [6.07, 6.45) is 0. The molecule has 0 heterocycles. The fourth-order valence-corrected chi connectivity index (χ4v) is 5.40. The average molecular weight is 517 g/mol. The fraction of sp³-hybridized carbons (Fsp3) is 0.138. The molecule has 4 aromatic rings. The summed E-state index contributed by atoms with van der Waals surface area (Å²) in [5.41, 5.74) is 6.02. The highest BCUT2D eigenvalue weighted by molar-refractivity contribution is 7.98. The maximum absolute atomic E-state index is 12.7. The lowest BCUT2D eigenvalue weighted by Crippen LogP contribution is -2.14. The van der Waals surface area contributed by atoms with E-state index in [1.807, 2.05) is 32.0 Å². The number of anilines is 2. The second kappa shape index (κ2) is 11.0. The zero-order valence-corrected chi connectivity index (χ0v) is 22.0. The molecule has 0 radical (unpaired) electrons. The molecule has 0 aromatic heterocycles. The van der Waals surface area contributed by atoms with E-state index in [0.717, 1.165) is 22.4 Å². The molecule has 4 aromatic carbocycles. The van der Waals surface area contributed by atoms with E-state index in [4.69, 9.17) is 0 Å². The van der Waals surface area contributed by atoms with Gasteiger partial charge >= 0.3 is 0 Å². The monoisotopic (exact) mass is 516 g/mol. The summed E-state index contributed by atoms with van der Waals surface area (Å²) in [4.78, 5) is 14.0. The van der Waals surface area contributed by atoms with Gasteiger partial charge in [0.25, 0.3) is 15.9 Å². The van der Waals surface area contributed by atoms with Crippen LogP contribution in [0.2, 0.25) is 0 Å². The van der Waals surface area contributed by atoms with Crippen LogP contribution in [0.3, 0.4) is 0 Å². The normalized spacial score (nSPS) is 11.2. The van der Waals surface area contributed by atoms with E-state index in [1.54, 1.807) is 48.2 Å². The highest BCUT2D eigenvalue weighted by Crippen LogP contribution is 2.24. The van der Waals surface area contributed by atoms with Gasteiger partial charge in [-0.1, -0.05) is 35.9 Å². The van der Waals surface area contributed by atoms with Gasteiger partial charge in [-0.25, -0.2) is 8.42 Å². The van der Waals surface area contributed by atoms with Gasteiger partial charge in [-0.15, -0.1) is 11.8 Å². The molecule has 0 bridgehead atoms. The van der Waals surface area contributed by atoms with Crippen LogP contribution in [0.5, 0.6) is 0 Å². The zero-order valence-electron chi connectivity index (χ0n) is 20.4. The van der Waals surface area contributed by atoms with Crippen LogP contribution in [-0.4, -0.2) is 14.3 Å². The highest BCUT2D eigenvalue weighted by atomic mass is 32.2. The Kier molecular flexibility index (Phi) is 7.82. The van der Waals surface area contributed by atoms with Gasteiger partial charge in [0.1, 0.15) is 0 Å². The molecule has 0 aliphatic heterocycles. The number of amides is 1. The molecule has 0 fully saturated rings. The van der Waals surface area contributed by atoms with Gasteiger partial charge in [-0.05, 0) is 98.1 Å². The van der Waals surface area contributed by atoms with E-state index < -0.39 is 10.0 Å². The molecule has 0 unspecified atom stereocenters. The lowest BCUT2D eigenvalue weighted by molar-refractivity contribution is 0.102.